The van der Waals surface area contributed by atoms with Crippen molar-refractivity contribution in [2.24, 2.45) is 0 Å². The lowest BCUT2D eigenvalue weighted by Gasteiger charge is -2.23. The summed E-state index contributed by atoms with van der Waals surface area (Å²) in [6.45, 7) is 0.173. The molecule has 0 saturated carbocycles. The van der Waals surface area contributed by atoms with Crippen LogP contribution in [0.1, 0.15) is 6.42 Å². The first-order valence-corrected chi connectivity index (χ1v) is 5.26. The molecule has 2 aliphatic rings. The second kappa shape index (κ2) is 4.10. The fourth-order valence-electron chi connectivity index (χ4n) is 1.65. The number of benzene rings is 1. The minimum atomic E-state index is -1.11. The third kappa shape index (κ3) is 2.02. The number of carbonyl (C=O) groups excluding carboxylic acids is 2. The Labute approximate surface area is 102 Å². The molecule has 7 nitrogen and oxygen atoms in total. The zero-order valence-electron chi connectivity index (χ0n) is 9.17. The molecule has 0 atom stereocenters. The van der Waals surface area contributed by atoms with E-state index in [0.717, 1.165) is 0 Å². The van der Waals surface area contributed by atoms with Gasteiger partial charge in [-0.25, -0.2) is 0 Å². The van der Waals surface area contributed by atoms with E-state index in [1.54, 1.807) is 18.2 Å². The van der Waals surface area contributed by atoms with Gasteiger partial charge in [0.25, 0.3) is 0 Å². The summed E-state index contributed by atoms with van der Waals surface area (Å²) in [4.78, 5) is 22.1. The van der Waals surface area contributed by atoms with Gasteiger partial charge in [0, 0.05) is 11.8 Å². The van der Waals surface area contributed by atoms with Gasteiger partial charge in [0.2, 0.25) is 6.79 Å². The van der Waals surface area contributed by atoms with E-state index < -0.39 is 18.4 Å². The topological polar surface area (TPSA) is 83.1 Å². The lowest BCUT2D eigenvalue weighted by atomic mass is 10.3. The minimum Gasteiger partial charge on any atom is -0.454 e. The van der Waals surface area contributed by atoms with Crippen LogP contribution in [0, 0.1) is 0 Å². The summed E-state index contributed by atoms with van der Waals surface area (Å²) in [6, 6.07) is 5.07. The van der Waals surface area contributed by atoms with Crippen molar-refractivity contribution in [3.63, 3.8) is 0 Å². The lowest BCUT2D eigenvalue weighted by molar-refractivity contribution is -0.197. The second-order valence-corrected chi connectivity index (χ2v) is 3.70. The number of cyclic esters (lactones) is 2. The van der Waals surface area contributed by atoms with Crippen LogP contribution < -0.4 is 14.8 Å². The molecular formula is C11H9NO6. The molecule has 0 unspecified atom stereocenters. The third-order valence-electron chi connectivity index (χ3n) is 2.42. The molecule has 0 radical (unpaired) electrons. The Morgan fingerprint density at radius 2 is 1.78 bits per heavy atom. The zero-order chi connectivity index (χ0) is 12.5. The molecule has 7 heteroatoms. The zero-order valence-corrected chi connectivity index (χ0v) is 9.17. The van der Waals surface area contributed by atoms with E-state index >= 15 is 0 Å². The number of anilines is 1. The minimum absolute atomic E-state index is 0.173. The van der Waals surface area contributed by atoms with E-state index in [2.05, 4.69) is 5.32 Å². The van der Waals surface area contributed by atoms with Crippen molar-refractivity contribution in [3.05, 3.63) is 18.2 Å². The highest BCUT2D eigenvalue weighted by Crippen LogP contribution is 2.34. The first-order valence-electron chi connectivity index (χ1n) is 5.26. The molecular weight excluding hydrogens is 242 g/mol. The number of hydrogen-bond acceptors (Lipinski definition) is 7. The molecule has 1 saturated heterocycles. The van der Waals surface area contributed by atoms with Crippen molar-refractivity contribution in [1.29, 1.82) is 0 Å². The van der Waals surface area contributed by atoms with Gasteiger partial charge in [-0.3, -0.25) is 9.59 Å². The van der Waals surface area contributed by atoms with E-state index in [9.17, 15) is 9.59 Å². The number of rotatable bonds is 2. The normalized spacial score (nSPS) is 18.2. The molecule has 94 valence electrons. The average molecular weight is 251 g/mol. The Morgan fingerprint density at radius 3 is 2.56 bits per heavy atom. The molecule has 3 rings (SSSR count). The van der Waals surface area contributed by atoms with Gasteiger partial charge in [-0.15, -0.1) is 0 Å². The van der Waals surface area contributed by atoms with Crippen LogP contribution in [0.25, 0.3) is 0 Å². The number of nitrogens with one attached hydrogen (secondary N) is 1. The van der Waals surface area contributed by atoms with Crippen LogP contribution in [0.15, 0.2) is 18.2 Å². The van der Waals surface area contributed by atoms with Crippen molar-refractivity contribution in [2.45, 2.75) is 12.8 Å². The number of carbonyl (C=O) groups is 2. The Balaban J connectivity index is 1.72. The summed E-state index contributed by atoms with van der Waals surface area (Å²) in [5.41, 5.74) is 0.590. The van der Waals surface area contributed by atoms with E-state index in [1.165, 1.54) is 0 Å². The van der Waals surface area contributed by atoms with Crippen molar-refractivity contribution >= 4 is 17.6 Å². The fourth-order valence-corrected chi connectivity index (χ4v) is 1.65. The van der Waals surface area contributed by atoms with Gasteiger partial charge in [0.1, 0.15) is 6.42 Å². The fraction of sp³-hybridized carbons (Fsp3) is 0.273. The van der Waals surface area contributed by atoms with Gasteiger partial charge in [-0.05, 0) is 12.1 Å². The number of esters is 2. The van der Waals surface area contributed by atoms with E-state index in [4.69, 9.17) is 18.9 Å². The standard InChI is InChI=1S/C11H9NO6/c13-9-4-10(14)18-11(17-9)12-6-1-2-7-8(3-6)16-5-15-7/h1-3,11-12H,4-5H2. The number of hydrogen-bond donors (Lipinski definition) is 1. The summed E-state index contributed by atoms with van der Waals surface area (Å²) < 4.78 is 20.0. The molecule has 0 aromatic heterocycles. The Morgan fingerprint density at radius 1 is 1.06 bits per heavy atom. The van der Waals surface area contributed by atoms with Crippen LogP contribution in [-0.2, 0) is 19.1 Å². The molecule has 2 aliphatic heterocycles. The van der Waals surface area contributed by atoms with Crippen molar-refractivity contribution in [1.82, 2.24) is 0 Å². The van der Waals surface area contributed by atoms with Crippen LogP contribution >= 0.6 is 0 Å². The summed E-state index contributed by atoms with van der Waals surface area (Å²) in [7, 11) is 0. The van der Waals surface area contributed by atoms with Crippen LogP contribution in [-0.4, -0.2) is 25.1 Å². The van der Waals surface area contributed by atoms with Crippen LogP contribution in [0.3, 0.4) is 0 Å². The van der Waals surface area contributed by atoms with Gasteiger partial charge in [-0.1, -0.05) is 0 Å². The van der Waals surface area contributed by atoms with Crippen LogP contribution in [0.2, 0.25) is 0 Å². The average Bonchev–Trinajstić information content (AvgIpc) is 2.74. The molecule has 1 aromatic carbocycles. The first kappa shape index (κ1) is 10.7. The lowest BCUT2D eigenvalue weighted by Crippen LogP contribution is -2.37. The van der Waals surface area contributed by atoms with E-state index in [-0.39, 0.29) is 13.2 Å². The Hall–Kier alpha value is -2.44. The second-order valence-electron chi connectivity index (χ2n) is 3.70. The summed E-state index contributed by atoms with van der Waals surface area (Å²) in [5, 5.41) is 2.75. The number of fused-ring (bicyclic) bond motifs is 1. The predicted octanol–water partition coefficient (Wildman–Crippen LogP) is 0.601. The van der Waals surface area contributed by atoms with Crippen molar-refractivity contribution in [3.8, 4) is 11.5 Å². The van der Waals surface area contributed by atoms with Crippen LogP contribution in [0.5, 0.6) is 11.5 Å². The van der Waals surface area contributed by atoms with Gasteiger partial charge >= 0.3 is 18.4 Å². The Kier molecular flexibility index (Phi) is 2.44. The molecule has 1 fully saturated rings. The molecule has 2 heterocycles. The maximum atomic E-state index is 11.1. The summed E-state index contributed by atoms with van der Waals surface area (Å²) in [6.07, 6.45) is -1.47. The van der Waals surface area contributed by atoms with Gasteiger partial charge < -0.3 is 24.3 Å². The third-order valence-corrected chi connectivity index (χ3v) is 2.42. The van der Waals surface area contributed by atoms with E-state index in [0.29, 0.717) is 17.2 Å². The monoisotopic (exact) mass is 251 g/mol. The first-order chi connectivity index (χ1) is 8.70. The van der Waals surface area contributed by atoms with Crippen LogP contribution in [0.4, 0.5) is 5.69 Å². The molecule has 1 N–H and O–H groups in total. The molecule has 0 spiro atoms. The maximum absolute atomic E-state index is 11.1. The van der Waals surface area contributed by atoms with E-state index in [1.807, 2.05) is 0 Å². The maximum Gasteiger partial charge on any atom is 0.329 e. The van der Waals surface area contributed by atoms with Crippen molar-refractivity contribution in [2.75, 3.05) is 12.1 Å². The summed E-state index contributed by atoms with van der Waals surface area (Å²) in [5.74, 6) is -0.0272. The number of ether oxygens (including phenoxy) is 4. The molecule has 1 aromatic rings. The Bertz CT molecular complexity index is 498. The largest absolute Gasteiger partial charge is 0.454 e. The highest BCUT2D eigenvalue weighted by molar-refractivity contribution is 5.92. The smallest absolute Gasteiger partial charge is 0.329 e. The van der Waals surface area contributed by atoms with Gasteiger partial charge in [0.15, 0.2) is 11.5 Å². The highest BCUT2D eigenvalue weighted by atomic mass is 16.7. The van der Waals surface area contributed by atoms with Gasteiger partial charge in [-0.2, -0.15) is 0 Å². The SMILES string of the molecule is O=C1CC(=O)OC(Nc2ccc3c(c2)OCO3)O1. The van der Waals surface area contributed by atoms with Crippen molar-refractivity contribution < 1.29 is 28.5 Å². The highest BCUT2D eigenvalue weighted by Gasteiger charge is 2.28. The molecule has 0 aliphatic carbocycles. The summed E-state index contributed by atoms with van der Waals surface area (Å²) >= 11 is 0. The quantitative estimate of drug-likeness (QED) is 0.608. The predicted molar refractivity (Wildman–Crippen MR) is 56.8 cm³/mol. The molecule has 0 bridgehead atoms. The van der Waals surface area contributed by atoms with Gasteiger partial charge in [0.05, 0.1) is 0 Å². The molecule has 18 heavy (non-hydrogen) atoms. The molecule has 0 amide bonds.